The third kappa shape index (κ3) is 6.23. The van der Waals surface area contributed by atoms with Gasteiger partial charge in [0, 0.05) is 17.7 Å². The Bertz CT molecular complexity index is 1580. The normalized spacial score (nSPS) is 11.2. The van der Waals surface area contributed by atoms with Gasteiger partial charge in [0.1, 0.15) is 0 Å². The molecule has 9 nitrogen and oxygen atoms in total. The summed E-state index contributed by atoms with van der Waals surface area (Å²) in [7, 11) is -0.775. The van der Waals surface area contributed by atoms with Crippen molar-refractivity contribution in [1.82, 2.24) is 14.5 Å². The molecule has 4 rings (SSSR count). The van der Waals surface area contributed by atoms with Crippen molar-refractivity contribution in [3.8, 4) is 28.3 Å². The molecule has 1 N–H and O–H groups in total. The first kappa shape index (κ1) is 27.7. The van der Waals surface area contributed by atoms with Gasteiger partial charge < -0.3 is 14.2 Å². The SMILES string of the molecule is COc1ccc(-c2c(C)nn(-c3ccc(CCOC(=O)NS(=O)(=O)c4ccc(C)cc4)cc3)c2C)cc1OC. The Morgan fingerprint density at radius 3 is 2.21 bits per heavy atom. The number of hydrogen-bond donors (Lipinski definition) is 1. The molecule has 0 spiro atoms. The number of carbonyl (C=O) groups excluding carboxylic acids is 1. The average molecular weight is 550 g/mol. The summed E-state index contributed by atoms with van der Waals surface area (Å²) in [5.74, 6) is 1.31. The van der Waals surface area contributed by atoms with E-state index in [-0.39, 0.29) is 11.5 Å². The summed E-state index contributed by atoms with van der Waals surface area (Å²) < 4.78 is 44.4. The second kappa shape index (κ2) is 11.6. The van der Waals surface area contributed by atoms with Crippen LogP contribution in [0.1, 0.15) is 22.5 Å². The van der Waals surface area contributed by atoms with Gasteiger partial charge in [-0.2, -0.15) is 5.10 Å². The summed E-state index contributed by atoms with van der Waals surface area (Å²) in [6, 6.07) is 19.7. The summed E-state index contributed by atoms with van der Waals surface area (Å²) in [5, 5.41) is 4.74. The first-order valence-electron chi connectivity index (χ1n) is 12.3. The van der Waals surface area contributed by atoms with Gasteiger partial charge in [-0.05, 0) is 68.3 Å². The fourth-order valence-electron chi connectivity index (χ4n) is 4.28. The predicted octanol–water partition coefficient (Wildman–Crippen LogP) is 5.14. The van der Waals surface area contributed by atoms with E-state index in [0.717, 1.165) is 39.3 Å². The molecule has 39 heavy (non-hydrogen) atoms. The van der Waals surface area contributed by atoms with Crippen molar-refractivity contribution in [2.45, 2.75) is 32.1 Å². The highest BCUT2D eigenvalue weighted by Gasteiger charge is 2.19. The molecule has 0 saturated heterocycles. The molecule has 4 aromatic rings. The van der Waals surface area contributed by atoms with Gasteiger partial charge in [-0.3, -0.25) is 0 Å². The zero-order chi connectivity index (χ0) is 28.2. The van der Waals surface area contributed by atoms with E-state index in [2.05, 4.69) is 0 Å². The summed E-state index contributed by atoms with van der Waals surface area (Å²) in [6.45, 7) is 5.85. The number of ether oxygens (including phenoxy) is 3. The van der Waals surface area contributed by atoms with Crippen LogP contribution in [-0.4, -0.2) is 45.1 Å². The fraction of sp³-hybridized carbons (Fsp3) is 0.241. The van der Waals surface area contributed by atoms with Crippen LogP contribution in [-0.2, 0) is 21.2 Å². The standard InChI is InChI=1S/C29H31N3O6S/c1-19-6-13-25(14-7-19)39(34,35)31-29(33)38-17-16-22-8-11-24(12-9-22)32-21(3)28(20(2)30-32)23-10-15-26(36-4)27(18-23)37-5/h6-15,18H,16-17H2,1-5H3,(H,31,33). The van der Waals surface area contributed by atoms with Crippen LogP contribution in [0.15, 0.2) is 71.6 Å². The molecule has 204 valence electrons. The molecule has 0 aliphatic heterocycles. The number of rotatable bonds is 9. The lowest BCUT2D eigenvalue weighted by Crippen LogP contribution is -2.31. The van der Waals surface area contributed by atoms with E-state index in [1.807, 2.05) is 72.6 Å². The second-order valence-corrected chi connectivity index (χ2v) is 10.7. The number of aromatic nitrogens is 2. The molecule has 0 aliphatic carbocycles. The molecule has 1 heterocycles. The Morgan fingerprint density at radius 1 is 0.897 bits per heavy atom. The number of sulfonamides is 1. The maximum atomic E-state index is 12.3. The summed E-state index contributed by atoms with van der Waals surface area (Å²) >= 11 is 0. The van der Waals surface area contributed by atoms with E-state index in [4.69, 9.17) is 19.3 Å². The monoisotopic (exact) mass is 549 g/mol. The van der Waals surface area contributed by atoms with Gasteiger partial charge >= 0.3 is 6.09 Å². The lowest BCUT2D eigenvalue weighted by Gasteiger charge is -2.11. The number of amides is 1. The first-order valence-corrected chi connectivity index (χ1v) is 13.8. The highest BCUT2D eigenvalue weighted by molar-refractivity contribution is 7.90. The Hall–Kier alpha value is -4.31. The zero-order valence-corrected chi connectivity index (χ0v) is 23.3. The predicted molar refractivity (Wildman–Crippen MR) is 148 cm³/mol. The smallest absolute Gasteiger partial charge is 0.421 e. The lowest BCUT2D eigenvalue weighted by atomic mass is 10.0. The van der Waals surface area contributed by atoms with Crippen LogP contribution in [0.25, 0.3) is 16.8 Å². The van der Waals surface area contributed by atoms with E-state index in [9.17, 15) is 13.2 Å². The van der Waals surface area contributed by atoms with E-state index in [1.165, 1.54) is 12.1 Å². The molecule has 3 aromatic carbocycles. The van der Waals surface area contributed by atoms with Crippen molar-refractivity contribution in [2.24, 2.45) is 0 Å². The minimum Gasteiger partial charge on any atom is -0.493 e. The quantitative estimate of drug-likeness (QED) is 0.308. The molecule has 0 bridgehead atoms. The number of carbonyl (C=O) groups is 1. The van der Waals surface area contributed by atoms with Gasteiger partial charge in [-0.15, -0.1) is 0 Å². The van der Waals surface area contributed by atoms with Crippen molar-refractivity contribution in [3.63, 3.8) is 0 Å². The Labute approximate surface area is 228 Å². The molecular formula is C29H31N3O6S. The number of aryl methyl sites for hydroxylation is 2. The van der Waals surface area contributed by atoms with Gasteiger partial charge in [0.15, 0.2) is 11.5 Å². The molecule has 0 saturated carbocycles. The van der Waals surface area contributed by atoms with Gasteiger partial charge in [0.2, 0.25) is 0 Å². The van der Waals surface area contributed by atoms with Crippen LogP contribution in [0.2, 0.25) is 0 Å². The van der Waals surface area contributed by atoms with E-state index in [0.29, 0.717) is 17.9 Å². The van der Waals surface area contributed by atoms with Gasteiger partial charge in [0.25, 0.3) is 10.0 Å². The van der Waals surface area contributed by atoms with E-state index < -0.39 is 16.1 Å². The maximum Gasteiger partial charge on any atom is 0.421 e. The van der Waals surface area contributed by atoms with Crippen molar-refractivity contribution in [1.29, 1.82) is 0 Å². The molecule has 1 amide bonds. The minimum absolute atomic E-state index is 0.000856. The summed E-state index contributed by atoms with van der Waals surface area (Å²) in [4.78, 5) is 12.1. The number of nitrogens with zero attached hydrogens (tertiary/aromatic N) is 2. The van der Waals surface area contributed by atoms with Crippen molar-refractivity contribution >= 4 is 16.1 Å². The molecule has 0 radical (unpaired) electrons. The lowest BCUT2D eigenvalue weighted by molar-refractivity contribution is 0.154. The van der Waals surface area contributed by atoms with Gasteiger partial charge in [-0.1, -0.05) is 35.9 Å². The first-order chi connectivity index (χ1) is 18.6. The largest absolute Gasteiger partial charge is 0.493 e. The number of hydrogen-bond acceptors (Lipinski definition) is 7. The third-order valence-electron chi connectivity index (χ3n) is 6.32. The maximum absolute atomic E-state index is 12.3. The minimum atomic E-state index is -3.99. The van der Waals surface area contributed by atoms with Crippen LogP contribution in [0.5, 0.6) is 11.5 Å². The van der Waals surface area contributed by atoms with Crippen molar-refractivity contribution in [2.75, 3.05) is 20.8 Å². The number of benzene rings is 3. The molecule has 0 unspecified atom stereocenters. The number of methoxy groups -OCH3 is 2. The second-order valence-electron chi connectivity index (χ2n) is 9.00. The average Bonchev–Trinajstić information content (AvgIpc) is 3.22. The molecular weight excluding hydrogens is 518 g/mol. The Morgan fingerprint density at radius 2 is 1.56 bits per heavy atom. The summed E-state index contributed by atoms with van der Waals surface area (Å²) in [5.41, 5.74) is 6.57. The topological polar surface area (TPSA) is 109 Å². The van der Waals surface area contributed by atoms with Crippen LogP contribution < -0.4 is 14.2 Å². The van der Waals surface area contributed by atoms with Crippen LogP contribution in [0.3, 0.4) is 0 Å². The van der Waals surface area contributed by atoms with Crippen LogP contribution in [0.4, 0.5) is 4.79 Å². The van der Waals surface area contributed by atoms with Gasteiger partial charge in [-0.25, -0.2) is 22.6 Å². The number of nitrogens with one attached hydrogen (secondary N) is 1. The Kier molecular flexibility index (Phi) is 8.25. The van der Waals surface area contributed by atoms with Gasteiger partial charge in [0.05, 0.1) is 37.1 Å². The highest BCUT2D eigenvalue weighted by atomic mass is 32.2. The van der Waals surface area contributed by atoms with E-state index >= 15 is 0 Å². The van der Waals surface area contributed by atoms with E-state index in [1.54, 1.807) is 26.4 Å². The van der Waals surface area contributed by atoms with Crippen LogP contribution >= 0.6 is 0 Å². The molecule has 10 heteroatoms. The summed E-state index contributed by atoms with van der Waals surface area (Å²) in [6.07, 6.45) is -0.593. The third-order valence-corrected chi connectivity index (χ3v) is 7.65. The Balaban J connectivity index is 1.39. The van der Waals surface area contributed by atoms with Crippen molar-refractivity contribution < 1.29 is 27.4 Å². The molecule has 0 atom stereocenters. The molecule has 1 aromatic heterocycles. The van der Waals surface area contributed by atoms with Crippen LogP contribution in [0, 0.1) is 20.8 Å². The fourth-order valence-corrected chi connectivity index (χ4v) is 5.18. The molecule has 0 fully saturated rings. The molecule has 0 aliphatic rings. The van der Waals surface area contributed by atoms with Crippen molar-refractivity contribution in [3.05, 3.63) is 89.2 Å². The highest BCUT2D eigenvalue weighted by Crippen LogP contribution is 2.35. The zero-order valence-electron chi connectivity index (χ0n) is 22.5.